The van der Waals surface area contributed by atoms with Gasteiger partial charge in [-0.05, 0) is 67.2 Å². The highest BCUT2D eigenvalue weighted by Gasteiger charge is 2.15. The van der Waals surface area contributed by atoms with Crippen LogP contribution in [0, 0.1) is 17.0 Å². The van der Waals surface area contributed by atoms with Gasteiger partial charge in [-0.1, -0.05) is 35.9 Å². The van der Waals surface area contributed by atoms with E-state index in [1.54, 1.807) is 6.92 Å². The van der Waals surface area contributed by atoms with Crippen LogP contribution in [-0.4, -0.2) is 15.0 Å². The van der Waals surface area contributed by atoms with Gasteiger partial charge in [0.15, 0.2) is 5.11 Å². The molecule has 0 bridgehead atoms. The number of rotatable bonds is 6. The second-order valence-electron chi connectivity index (χ2n) is 7.26. The van der Waals surface area contributed by atoms with Crippen LogP contribution in [0.5, 0.6) is 5.75 Å². The fourth-order valence-electron chi connectivity index (χ4n) is 3.21. The van der Waals surface area contributed by atoms with Crippen molar-refractivity contribution in [1.82, 2.24) is 4.98 Å². The van der Waals surface area contributed by atoms with Crippen molar-refractivity contribution < 1.29 is 9.66 Å². The van der Waals surface area contributed by atoms with Gasteiger partial charge in [-0.2, -0.15) is 0 Å². The van der Waals surface area contributed by atoms with Crippen molar-refractivity contribution in [3.8, 4) is 5.75 Å². The topological polar surface area (TPSA) is 89.3 Å². The van der Waals surface area contributed by atoms with Gasteiger partial charge in [-0.25, -0.2) is 4.98 Å². The van der Waals surface area contributed by atoms with E-state index in [0.29, 0.717) is 28.7 Å². The Bertz CT molecular complexity index is 1350. The Balaban J connectivity index is 1.34. The zero-order valence-electron chi connectivity index (χ0n) is 17.5. The molecule has 0 aliphatic carbocycles. The van der Waals surface area contributed by atoms with Gasteiger partial charge >= 0.3 is 0 Å². The van der Waals surface area contributed by atoms with Crippen molar-refractivity contribution >= 4 is 56.9 Å². The Morgan fingerprint density at radius 3 is 2.61 bits per heavy atom. The molecule has 0 amide bonds. The lowest BCUT2D eigenvalue weighted by atomic mass is 10.2. The standard InChI is InChI=1S/C24H19ClN4O3S/c1-15-12-23(29(30)31)20(25)13-22(15)28-24(33)27-17-8-10-19(11-9-17)32-14-18-7-6-16-4-2-3-5-21(16)26-18/h2-13H,14H2,1H3,(H2,27,28,33). The van der Waals surface area contributed by atoms with E-state index < -0.39 is 4.92 Å². The molecule has 7 nitrogen and oxygen atoms in total. The number of hydrogen-bond donors (Lipinski definition) is 2. The van der Waals surface area contributed by atoms with E-state index in [1.165, 1.54) is 12.1 Å². The number of aryl methyl sites for hydroxylation is 1. The number of nitro benzene ring substituents is 1. The van der Waals surface area contributed by atoms with Crippen LogP contribution in [0.4, 0.5) is 17.1 Å². The molecular formula is C24H19ClN4O3S. The highest BCUT2D eigenvalue weighted by atomic mass is 35.5. The molecular weight excluding hydrogens is 460 g/mol. The number of aromatic nitrogens is 1. The first-order chi connectivity index (χ1) is 15.9. The second-order valence-corrected chi connectivity index (χ2v) is 8.08. The minimum absolute atomic E-state index is 0.0401. The molecule has 2 N–H and O–H groups in total. The lowest BCUT2D eigenvalue weighted by Crippen LogP contribution is -2.19. The van der Waals surface area contributed by atoms with Gasteiger partial charge in [0.1, 0.15) is 17.4 Å². The fourth-order valence-corrected chi connectivity index (χ4v) is 3.67. The number of para-hydroxylation sites is 1. The van der Waals surface area contributed by atoms with Gasteiger partial charge in [0.25, 0.3) is 5.69 Å². The minimum Gasteiger partial charge on any atom is -0.487 e. The number of halogens is 1. The van der Waals surface area contributed by atoms with Gasteiger partial charge < -0.3 is 15.4 Å². The molecule has 0 atom stereocenters. The summed E-state index contributed by atoms with van der Waals surface area (Å²) in [7, 11) is 0. The molecule has 0 saturated heterocycles. The third kappa shape index (κ3) is 5.54. The van der Waals surface area contributed by atoms with Crippen LogP contribution in [0.3, 0.4) is 0 Å². The molecule has 0 spiro atoms. The van der Waals surface area contributed by atoms with Crippen molar-refractivity contribution in [1.29, 1.82) is 0 Å². The summed E-state index contributed by atoms with van der Waals surface area (Å²) in [6, 6.07) is 22.2. The summed E-state index contributed by atoms with van der Waals surface area (Å²) < 4.78 is 5.85. The Hall–Kier alpha value is -3.75. The van der Waals surface area contributed by atoms with Crippen LogP contribution < -0.4 is 15.4 Å². The summed E-state index contributed by atoms with van der Waals surface area (Å²) in [6.07, 6.45) is 0. The second kappa shape index (κ2) is 9.81. The van der Waals surface area contributed by atoms with E-state index in [-0.39, 0.29) is 10.7 Å². The zero-order valence-corrected chi connectivity index (χ0v) is 19.1. The average molecular weight is 479 g/mol. The first kappa shape index (κ1) is 22.4. The van der Waals surface area contributed by atoms with Gasteiger partial charge in [0.2, 0.25) is 0 Å². The van der Waals surface area contributed by atoms with Crippen molar-refractivity contribution in [3.05, 3.63) is 99.2 Å². The van der Waals surface area contributed by atoms with Gasteiger partial charge in [0.05, 0.1) is 16.1 Å². The van der Waals surface area contributed by atoms with E-state index in [4.69, 9.17) is 28.6 Å². The molecule has 0 aliphatic heterocycles. The first-order valence-electron chi connectivity index (χ1n) is 9.99. The number of nitrogens with one attached hydrogen (secondary N) is 2. The highest BCUT2D eigenvalue weighted by Crippen LogP contribution is 2.30. The number of ether oxygens (including phenoxy) is 1. The molecule has 1 heterocycles. The van der Waals surface area contributed by atoms with Gasteiger partial charge in [-0.15, -0.1) is 0 Å². The first-order valence-corrected chi connectivity index (χ1v) is 10.8. The number of thiocarbonyl (C=S) groups is 1. The maximum absolute atomic E-state index is 11.0. The molecule has 1 aromatic heterocycles. The summed E-state index contributed by atoms with van der Waals surface area (Å²) in [4.78, 5) is 15.1. The Labute approximate surface area is 200 Å². The number of anilines is 2. The van der Waals surface area contributed by atoms with Crippen LogP contribution in [-0.2, 0) is 6.61 Å². The summed E-state index contributed by atoms with van der Waals surface area (Å²) >= 11 is 11.3. The SMILES string of the molecule is Cc1cc([N+](=O)[O-])c(Cl)cc1NC(=S)Nc1ccc(OCc2ccc3ccccc3n2)cc1. The molecule has 0 aliphatic rings. The average Bonchev–Trinajstić information content (AvgIpc) is 2.80. The molecule has 0 radical (unpaired) electrons. The smallest absolute Gasteiger partial charge is 0.288 e. The number of fused-ring (bicyclic) bond motifs is 1. The number of hydrogen-bond acceptors (Lipinski definition) is 5. The van der Waals surface area contributed by atoms with E-state index in [2.05, 4.69) is 15.6 Å². The summed E-state index contributed by atoms with van der Waals surface area (Å²) in [5.74, 6) is 0.701. The van der Waals surface area contributed by atoms with Gasteiger partial charge in [-0.3, -0.25) is 10.1 Å². The summed E-state index contributed by atoms with van der Waals surface area (Å²) in [6.45, 7) is 2.10. The molecule has 3 aromatic carbocycles. The lowest BCUT2D eigenvalue weighted by Gasteiger charge is -2.13. The largest absolute Gasteiger partial charge is 0.487 e. The molecule has 0 unspecified atom stereocenters. The van der Waals surface area contributed by atoms with Crippen molar-refractivity contribution in [2.75, 3.05) is 10.6 Å². The lowest BCUT2D eigenvalue weighted by molar-refractivity contribution is -0.384. The molecule has 166 valence electrons. The Morgan fingerprint density at radius 2 is 1.85 bits per heavy atom. The quantitative estimate of drug-likeness (QED) is 0.186. The molecule has 4 rings (SSSR count). The van der Waals surface area contributed by atoms with E-state index in [9.17, 15) is 10.1 Å². The highest BCUT2D eigenvalue weighted by molar-refractivity contribution is 7.80. The number of benzene rings is 3. The predicted molar refractivity (Wildman–Crippen MR) is 135 cm³/mol. The number of nitrogens with zero attached hydrogens (tertiary/aromatic N) is 2. The maximum atomic E-state index is 11.0. The van der Waals surface area contributed by atoms with Crippen LogP contribution in [0.15, 0.2) is 72.8 Å². The Kier molecular flexibility index (Phi) is 6.67. The van der Waals surface area contributed by atoms with E-state index in [1.807, 2.05) is 60.7 Å². The molecule has 9 heteroatoms. The van der Waals surface area contributed by atoms with Crippen LogP contribution in [0.1, 0.15) is 11.3 Å². The van der Waals surface area contributed by atoms with E-state index >= 15 is 0 Å². The molecule has 0 fully saturated rings. The van der Waals surface area contributed by atoms with Crippen molar-refractivity contribution in [2.45, 2.75) is 13.5 Å². The maximum Gasteiger partial charge on any atom is 0.288 e. The molecule has 0 saturated carbocycles. The minimum atomic E-state index is -0.518. The van der Waals surface area contributed by atoms with Crippen LogP contribution in [0.2, 0.25) is 5.02 Å². The fraction of sp³-hybridized carbons (Fsp3) is 0.0833. The van der Waals surface area contributed by atoms with Crippen molar-refractivity contribution in [3.63, 3.8) is 0 Å². The summed E-state index contributed by atoms with van der Waals surface area (Å²) in [5.41, 5.74) is 3.64. The van der Waals surface area contributed by atoms with Crippen LogP contribution in [0.25, 0.3) is 10.9 Å². The molecule has 33 heavy (non-hydrogen) atoms. The predicted octanol–water partition coefficient (Wildman–Crippen LogP) is 6.49. The summed E-state index contributed by atoms with van der Waals surface area (Å²) in [5, 5.41) is 18.6. The number of nitro groups is 1. The molecule has 4 aromatic rings. The number of pyridine rings is 1. The normalized spacial score (nSPS) is 10.6. The zero-order chi connectivity index (χ0) is 23.4. The third-order valence-electron chi connectivity index (χ3n) is 4.89. The van der Waals surface area contributed by atoms with Gasteiger partial charge in [0, 0.05) is 22.8 Å². The van der Waals surface area contributed by atoms with Crippen molar-refractivity contribution in [2.24, 2.45) is 0 Å². The Morgan fingerprint density at radius 1 is 1.09 bits per heavy atom. The van der Waals surface area contributed by atoms with Crippen LogP contribution >= 0.6 is 23.8 Å². The third-order valence-corrected chi connectivity index (χ3v) is 5.40. The van der Waals surface area contributed by atoms with E-state index in [0.717, 1.165) is 22.3 Å². The monoisotopic (exact) mass is 478 g/mol.